The van der Waals surface area contributed by atoms with E-state index in [2.05, 4.69) is 20.4 Å². The number of aromatic nitrogens is 3. The maximum Gasteiger partial charge on any atom is 0.241 e. The van der Waals surface area contributed by atoms with E-state index in [1.54, 1.807) is 18.3 Å². The summed E-state index contributed by atoms with van der Waals surface area (Å²) in [6.45, 7) is 0. The molecule has 0 atom stereocenters. The summed E-state index contributed by atoms with van der Waals surface area (Å²) in [5.41, 5.74) is 3.39. The van der Waals surface area contributed by atoms with E-state index in [9.17, 15) is 4.79 Å². The van der Waals surface area contributed by atoms with Gasteiger partial charge in [-0.15, -0.1) is 0 Å². The van der Waals surface area contributed by atoms with Crippen LogP contribution in [0, 0.1) is 0 Å². The molecule has 5 rings (SSSR count). The smallest absolute Gasteiger partial charge is 0.241 e. The summed E-state index contributed by atoms with van der Waals surface area (Å²) in [4.78, 5) is 21.2. The number of fused-ring (bicyclic) bond motifs is 1. The molecule has 0 spiro atoms. The monoisotopic (exact) mass is 440 g/mol. The third-order valence-electron chi connectivity index (χ3n) is 5.14. The molecule has 6 nitrogen and oxygen atoms in total. The number of carbonyl (C=O) groups is 1. The highest BCUT2D eigenvalue weighted by Crippen LogP contribution is 2.39. The Hall–Kier alpha value is -4.03. The van der Waals surface area contributed by atoms with Gasteiger partial charge < -0.3 is 4.52 Å². The molecular weight excluding hydrogens is 424 g/mol. The number of hydrogen-bond donors (Lipinski definition) is 1. The molecule has 0 radical (unpaired) electrons. The van der Waals surface area contributed by atoms with E-state index in [1.165, 1.54) is 6.33 Å². The number of rotatable bonds is 5. The zero-order valence-electron chi connectivity index (χ0n) is 16.8. The van der Waals surface area contributed by atoms with E-state index in [4.69, 9.17) is 16.1 Å². The second-order valence-corrected chi connectivity index (χ2v) is 7.58. The Morgan fingerprint density at radius 3 is 2.62 bits per heavy atom. The molecule has 1 amide bonds. The lowest BCUT2D eigenvalue weighted by molar-refractivity contribution is -0.115. The van der Waals surface area contributed by atoms with Gasteiger partial charge in [-0.3, -0.25) is 10.1 Å². The van der Waals surface area contributed by atoms with Crippen molar-refractivity contribution in [1.82, 2.24) is 15.1 Å². The zero-order chi connectivity index (χ0) is 21.9. The van der Waals surface area contributed by atoms with Crippen molar-refractivity contribution < 1.29 is 9.32 Å². The Morgan fingerprint density at radius 1 is 0.969 bits per heavy atom. The van der Waals surface area contributed by atoms with Crippen molar-refractivity contribution in [3.63, 3.8) is 0 Å². The normalized spacial score (nSPS) is 10.9. The van der Waals surface area contributed by atoms with Crippen molar-refractivity contribution in [2.75, 3.05) is 5.32 Å². The highest BCUT2D eigenvalue weighted by molar-refractivity contribution is 6.31. The first-order valence-electron chi connectivity index (χ1n) is 9.98. The van der Waals surface area contributed by atoms with Crippen LogP contribution in [0.25, 0.3) is 33.3 Å². The van der Waals surface area contributed by atoms with Gasteiger partial charge in [-0.2, -0.15) is 0 Å². The molecule has 3 aromatic carbocycles. The quantitative estimate of drug-likeness (QED) is 0.374. The number of anilines is 1. The predicted octanol–water partition coefficient (Wildman–Crippen LogP) is 5.79. The van der Waals surface area contributed by atoms with Crippen LogP contribution in [-0.2, 0) is 11.2 Å². The van der Waals surface area contributed by atoms with Crippen LogP contribution >= 0.6 is 11.6 Å². The number of halogens is 1. The van der Waals surface area contributed by atoms with Gasteiger partial charge in [-0.25, -0.2) is 9.97 Å². The SMILES string of the molecule is O=C(Cc1ccccc1Cl)Nc1onc(-c2cccc3ccccc23)c1-c1ccncn1. The summed E-state index contributed by atoms with van der Waals surface area (Å²) in [6, 6.07) is 23.0. The molecule has 0 unspecified atom stereocenters. The topological polar surface area (TPSA) is 80.9 Å². The van der Waals surface area contributed by atoms with Crippen molar-refractivity contribution in [2.24, 2.45) is 0 Å². The maximum absolute atomic E-state index is 12.8. The average molecular weight is 441 g/mol. The first kappa shape index (κ1) is 19.9. The molecule has 7 heteroatoms. The first-order valence-corrected chi connectivity index (χ1v) is 10.4. The number of nitrogens with zero attached hydrogens (tertiary/aromatic N) is 3. The van der Waals surface area contributed by atoms with Gasteiger partial charge in [-0.05, 0) is 28.5 Å². The molecule has 0 aliphatic heterocycles. The molecule has 5 aromatic rings. The summed E-state index contributed by atoms with van der Waals surface area (Å²) < 4.78 is 5.62. The van der Waals surface area contributed by atoms with E-state index >= 15 is 0 Å². The molecule has 0 bridgehead atoms. The van der Waals surface area contributed by atoms with Crippen LogP contribution < -0.4 is 5.32 Å². The molecule has 0 aliphatic carbocycles. The van der Waals surface area contributed by atoms with E-state index in [0.29, 0.717) is 22.0 Å². The van der Waals surface area contributed by atoms with Gasteiger partial charge in [0.05, 0.1) is 17.7 Å². The van der Waals surface area contributed by atoms with E-state index in [-0.39, 0.29) is 18.2 Å². The van der Waals surface area contributed by atoms with Crippen LogP contribution in [0.3, 0.4) is 0 Å². The van der Waals surface area contributed by atoms with E-state index in [1.807, 2.05) is 60.7 Å². The van der Waals surface area contributed by atoms with Crippen molar-refractivity contribution in [1.29, 1.82) is 0 Å². The highest BCUT2D eigenvalue weighted by atomic mass is 35.5. The molecule has 0 aliphatic rings. The predicted molar refractivity (Wildman–Crippen MR) is 124 cm³/mol. The van der Waals surface area contributed by atoms with Gasteiger partial charge in [-0.1, -0.05) is 77.4 Å². The summed E-state index contributed by atoms with van der Waals surface area (Å²) in [5, 5.41) is 9.78. The third-order valence-corrected chi connectivity index (χ3v) is 5.51. The maximum atomic E-state index is 12.8. The fraction of sp³-hybridized carbons (Fsp3) is 0.0400. The summed E-state index contributed by atoms with van der Waals surface area (Å²) in [5.74, 6) is -0.0438. The van der Waals surface area contributed by atoms with Crippen LogP contribution in [0.2, 0.25) is 5.02 Å². The Labute approximate surface area is 188 Å². The highest BCUT2D eigenvalue weighted by Gasteiger charge is 2.23. The number of carbonyl (C=O) groups excluding carboxylic acids is 1. The fourth-order valence-electron chi connectivity index (χ4n) is 3.65. The van der Waals surface area contributed by atoms with Crippen LogP contribution in [-0.4, -0.2) is 21.0 Å². The molecule has 0 fully saturated rings. The molecule has 0 saturated carbocycles. The third kappa shape index (κ3) is 3.84. The van der Waals surface area contributed by atoms with E-state index < -0.39 is 0 Å². The molecule has 1 N–H and O–H groups in total. The molecular formula is C25H17ClN4O2. The lowest BCUT2D eigenvalue weighted by atomic mass is 9.98. The number of amides is 1. The lowest BCUT2D eigenvalue weighted by Gasteiger charge is -2.08. The fourth-order valence-corrected chi connectivity index (χ4v) is 3.86. The van der Waals surface area contributed by atoms with Crippen LogP contribution in [0.4, 0.5) is 5.88 Å². The Morgan fingerprint density at radius 2 is 1.78 bits per heavy atom. The van der Waals surface area contributed by atoms with Gasteiger partial charge in [0.1, 0.15) is 12.0 Å². The molecule has 2 heterocycles. The molecule has 32 heavy (non-hydrogen) atoms. The zero-order valence-corrected chi connectivity index (χ0v) is 17.6. The Balaban J connectivity index is 1.58. The summed E-state index contributed by atoms with van der Waals surface area (Å²) in [6.07, 6.45) is 3.19. The Bertz CT molecular complexity index is 1410. The Kier molecular flexibility index (Phi) is 5.35. The summed E-state index contributed by atoms with van der Waals surface area (Å²) in [7, 11) is 0. The second kappa shape index (κ2) is 8.61. The number of hydrogen-bond acceptors (Lipinski definition) is 5. The number of nitrogens with one attached hydrogen (secondary N) is 1. The van der Waals surface area contributed by atoms with Crippen LogP contribution in [0.5, 0.6) is 0 Å². The molecule has 2 aromatic heterocycles. The van der Waals surface area contributed by atoms with Gasteiger partial charge in [0.15, 0.2) is 0 Å². The minimum absolute atomic E-state index is 0.104. The van der Waals surface area contributed by atoms with Crippen molar-refractivity contribution in [3.8, 4) is 22.5 Å². The van der Waals surface area contributed by atoms with Gasteiger partial charge >= 0.3 is 0 Å². The van der Waals surface area contributed by atoms with E-state index in [0.717, 1.165) is 21.9 Å². The minimum Gasteiger partial charge on any atom is -0.337 e. The minimum atomic E-state index is -0.269. The average Bonchev–Trinajstić information content (AvgIpc) is 3.24. The van der Waals surface area contributed by atoms with Gasteiger partial charge in [0.2, 0.25) is 11.8 Å². The number of benzene rings is 3. The first-order chi connectivity index (χ1) is 15.7. The van der Waals surface area contributed by atoms with Crippen LogP contribution in [0.15, 0.2) is 89.8 Å². The van der Waals surface area contributed by atoms with Crippen molar-refractivity contribution in [3.05, 3.63) is 95.9 Å². The molecule has 156 valence electrons. The van der Waals surface area contributed by atoms with Gasteiger partial charge in [0, 0.05) is 16.8 Å². The van der Waals surface area contributed by atoms with Crippen molar-refractivity contribution in [2.45, 2.75) is 6.42 Å². The summed E-state index contributed by atoms with van der Waals surface area (Å²) >= 11 is 6.21. The second-order valence-electron chi connectivity index (χ2n) is 7.17. The van der Waals surface area contributed by atoms with Crippen LogP contribution in [0.1, 0.15) is 5.56 Å². The lowest BCUT2D eigenvalue weighted by Crippen LogP contribution is -2.14. The molecule has 0 saturated heterocycles. The van der Waals surface area contributed by atoms with Crippen molar-refractivity contribution >= 4 is 34.2 Å². The van der Waals surface area contributed by atoms with Gasteiger partial charge in [0.25, 0.3) is 0 Å². The standard InChI is InChI=1S/C25H17ClN4O2/c26-20-11-4-2-7-17(20)14-22(31)29-25-23(21-12-13-27-15-28-21)24(30-32-25)19-10-5-8-16-6-1-3-9-18(16)19/h1-13,15H,14H2,(H,29,31). The largest absolute Gasteiger partial charge is 0.337 e.